The van der Waals surface area contributed by atoms with Crippen LogP contribution in [0.2, 0.25) is 10.0 Å². The third-order valence-corrected chi connectivity index (χ3v) is 10.9. The summed E-state index contributed by atoms with van der Waals surface area (Å²) in [6.07, 6.45) is 5.95. The number of amides is 2. The molecule has 0 radical (unpaired) electrons. The Morgan fingerprint density at radius 1 is 1.09 bits per heavy atom. The molecule has 2 aliphatic rings. The summed E-state index contributed by atoms with van der Waals surface area (Å²) >= 11 is 12.0. The third-order valence-electron chi connectivity index (χ3n) is 8.55. The van der Waals surface area contributed by atoms with E-state index in [0.717, 1.165) is 40.5 Å². The predicted molar refractivity (Wildman–Crippen MR) is 168 cm³/mol. The van der Waals surface area contributed by atoms with Gasteiger partial charge in [-0.2, -0.15) is 4.31 Å². The fourth-order valence-electron chi connectivity index (χ4n) is 6.14. The van der Waals surface area contributed by atoms with Crippen LogP contribution < -0.4 is 5.32 Å². The molecule has 4 heterocycles. The minimum Gasteiger partial charge on any atom is -0.467 e. The number of rotatable bonds is 10. The predicted octanol–water partition coefficient (Wildman–Crippen LogP) is 3.58. The molecule has 242 valence electrons. The first-order valence-electron chi connectivity index (χ1n) is 14.9. The summed E-state index contributed by atoms with van der Waals surface area (Å²) in [5.41, 5.74) is 1.91. The van der Waals surface area contributed by atoms with Crippen LogP contribution in [0.15, 0.2) is 41.6 Å². The Hall–Kier alpha value is -3.26. The van der Waals surface area contributed by atoms with Gasteiger partial charge >= 0.3 is 5.97 Å². The number of hydrogen-bond donors (Lipinski definition) is 1. The second-order valence-corrected chi connectivity index (χ2v) is 14.2. The largest absolute Gasteiger partial charge is 0.467 e. The van der Waals surface area contributed by atoms with Gasteiger partial charge in [0.15, 0.2) is 0 Å². The average Bonchev–Trinajstić information content (AvgIpc) is 3.64. The van der Waals surface area contributed by atoms with Gasteiger partial charge in [0, 0.05) is 48.8 Å². The maximum atomic E-state index is 13.4. The molecule has 5 rings (SSSR count). The minimum absolute atomic E-state index is 0.0226. The number of aromatic nitrogens is 3. The molecule has 2 fully saturated rings. The van der Waals surface area contributed by atoms with E-state index in [1.807, 2.05) is 13.0 Å². The molecule has 15 heteroatoms. The Morgan fingerprint density at radius 3 is 2.49 bits per heavy atom. The quantitative estimate of drug-likeness (QED) is 0.321. The minimum atomic E-state index is -4.10. The Labute approximate surface area is 272 Å². The first-order valence-corrected chi connectivity index (χ1v) is 17.1. The molecule has 1 aromatic carbocycles. The third kappa shape index (κ3) is 7.43. The summed E-state index contributed by atoms with van der Waals surface area (Å²) in [5, 5.41) is 2.95. The first kappa shape index (κ1) is 33.1. The van der Waals surface area contributed by atoms with Gasteiger partial charge in [-0.3, -0.25) is 14.6 Å². The number of esters is 1. The Kier molecular flexibility index (Phi) is 10.3. The van der Waals surface area contributed by atoms with Gasteiger partial charge in [0.2, 0.25) is 21.8 Å². The van der Waals surface area contributed by atoms with Crippen LogP contribution in [0.4, 0.5) is 0 Å². The van der Waals surface area contributed by atoms with Gasteiger partial charge in [-0.05, 0) is 69.2 Å². The summed E-state index contributed by atoms with van der Waals surface area (Å²) in [6, 6.07) is 3.79. The highest BCUT2D eigenvalue weighted by molar-refractivity contribution is 7.89. The Morgan fingerprint density at radius 2 is 1.80 bits per heavy atom. The lowest BCUT2D eigenvalue weighted by Gasteiger charge is -2.33. The van der Waals surface area contributed by atoms with Crippen LogP contribution in [0.25, 0.3) is 11.0 Å². The summed E-state index contributed by atoms with van der Waals surface area (Å²) in [6.45, 7) is 4.09. The number of nitrogens with zero attached hydrogens (tertiary/aromatic N) is 5. The van der Waals surface area contributed by atoms with E-state index in [4.69, 9.17) is 27.9 Å². The zero-order chi connectivity index (χ0) is 32.3. The second kappa shape index (κ2) is 14.0. The molecule has 1 N–H and O–H groups in total. The van der Waals surface area contributed by atoms with Crippen molar-refractivity contribution in [3.05, 3.63) is 52.5 Å². The van der Waals surface area contributed by atoms with E-state index in [-0.39, 0.29) is 46.7 Å². The number of likely N-dealkylation sites (tertiary alicyclic amines) is 1. The number of imidazole rings is 1. The molecule has 0 saturated carbocycles. The van der Waals surface area contributed by atoms with Gasteiger partial charge in [0.25, 0.3) is 0 Å². The number of aryl methyl sites for hydroxylation is 1. The number of hydrogen-bond acceptors (Lipinski definition) is 8. The van der Waals surface area contributed by atoms with Crippen LogP contribution in [-0.4, -0.2) is 88.8 Å². The van der Waals surface area contributed by atoms with Crippen molar-refractivity contribution in [1.82, 2.24) is 29.1 Å². The molecular formula is C30H36Cl2N6O6S. The lowest BCUT2D eigenvalue weighted by atomic mass is 9.96. The van der Waals surface area contributed by atoms with E-state index in [0.29, 0.717) is 25.4 Å². The molecule has 2 amide bonds. The number of carbonyl (C=O) groups excluding carboxylic acids is 3. The highest BCUT2D eigenvalue weighted by Gasteiger charge is 2.41. The van der Waals surface area contributed by atoms with E-state index in [1.54, 1.807) is 17.3 Å². The van der Waals surface area contributed by atoms with E-state index >= 15 is 0 Å². The standard InChI is InChI=1S/C30H36Cl2N6O6S/c1-19-34-25-17-33-10-7-26(25)37(19)18-20-8-12-36(13-9-20)28(39)6-5-24(30(41)44-2)35-29(40)27-4-3-11-38(27)45(42,43)23-15-21(31)14-22(32)16-23/h7,10,14-17,20,24,27H,3-6,8-9,11-13,18H2,1-2H3,(H,35,40)/t24-,27-/m0/s1. The smallest absolute Gasteiger partial charge is 0.328 e. The van der Waals surface area contributed by atoms with Crippen molar-refractivity contribution < 1.29 is 27.5 Å². The first-order chi connectivity index (χ1) is 21.5. The van der Waals surface area contributed by atoms with E-state index in [1.165, 1.54) is 25.3 Å². The molecule has 2 saturated heterocycles. The van der Waals surface area contributed by atoms with Crippen molar-refractivity contribution in [2.45, 2.75) is 69.0 Å². The average molecular weight is 680 g/mol. The zero-order valence-electron chi connectivity index (χ0n) is 25.1. The zero-order valence-corrected chi connectivity index (χ0v) is 27.4. The molecule has 2 aliphatic heterocycles. The maximum absolute atomic E-state index is 13.4. The molecule has 0 aliphatic carbocycles. The molecule has 2 atom stereocenters. The molecule has 2 aromatic heterocycles. The van der Waals surface area contributed by atoms with Crippen molar-refractivity contribution in [2.24, 2.45) is 5.92 Å². The number of ether oxygens (including phenoxy) is 1. The summed E-state index contributed by atoms with van der Waals surface area (Å²) < 4.78 is 35.0. The molecule has 45 heavy (non-hydrogen) atoms. The van der Waals surface area contributed by atoms with Crippen LogP contribution >= 0.6 is 23.2 Å². The number of methoxy groups -OCH3 is 1. The second-order valence-electron chi connectivity index (χ2n) is 11.5. The Balaban J connectivity index is 1.16. The molecule has 0 spiro atoms. The molecule has 0 bridgehead atoms. The maximum Gasteiger partial charge on any atom is 0.328 e. The molecule has 12 nitrogen and oxygen atoms in total. The van der Waals surface area contributed by atoms with Crippen LogP contribution in [0, 0.1) is 12.8 Å². The van der Waals surface area contributed by atoms with Crippen LogP contribution in [0.3, 0.4) is 0 Å². The van der Waals surface area contributed by atoms with E-state index in [2.05, 4.69) is 19.9 Å². The van der Waals surface area contributed by atoms with Gasteiger partial charge in [0.05, 0.1) is 23.7 Å². The summed E-state index contributed by atoms with van der Waals surface area (Å²) in [7, 11) is -2.90. The fraction of sp³-hybridized carbons (Fsp3) is 0.500. The van der Waals surface area contributed by atoms with Gasteiger partial charge < -0.3 is 19.5 Å². The number of nitrogens with one attached hydrogen (secondary N) is 1. The number of piperidine rings is 1. The van der Waals surface area contributed by atoms with Crippen molar-refractivity contribution in [2.75, 3.05) is 26.7 Å². The lowest BCUT2D eigenvalue weighted by molar-refractivity contribution is -0.146. The van der Waals surface area contributed by atoms with Gasteiger partial charge in [-0.25, -0.2) is 18.2 Å². The number of benzene rings is 1. The highest BCUT2D eigenvalue weighted by Crippen LogP contribution is 2.30. The number of halogens is 2. The van der Waals surface area contributed by atoms with Gasteiger partial charge in [-0.15, -0.1) is 0 Å². The van der Waals surface area contributed by atoms with Crippen LogP contribution in [0.1, 0.15) is 44.3 Å². The lowest BCUT2D eigenvalue weighted by Crippen LogP contribution is -2.51. The highest BCUT2D eigenvalue weighted by atomic mass is 35.5. The number of carbonyl (C=O) groups is 3. The number of sulfonamides is 1. The van der Waals surface area contributed by atoms with Gasteiger partial charge in [0.1, 0.15) is 23.4 Å². The van der Waals surface area contributed by atoms with Crippen molar-refractivity contribution in [1.29, 1.82) is 0 Å². The number of fused-ring (bicyclic) bond motifs is 1. The molecule has 3 aromatic rings. The fourth-order valence-corrected chi connectivity index (χ4v) is 8.53. The summed E-state index contributed by atoms with van der Waals surface area (Å²) in [4.78, 5) is 49.5. The number of pyridine rings is 1. The molecular weight excluding hydrogens is 643 g/mol. The topological polar surface area (TPSA) is 144 Å². The van der Waals surface area contributed by atoms with Crippen LogP contribution in [-0.2, 0) is 35.7 Å². The van der Waals surface area contributed by atoms with Crippen molar-refractivity contribution in [3.63, 3.8) is 0 Å². The van der Waals surface area contributed by atoms with Crippen molar-refractivity contribution >= 4 is 62.0 Å². The van der Waals surface area contributed by atoms with Crippen molar-refractivity contribution in [3.8, 4) is 0 Å². The van der Waals surface area contributed by atoms with Crippen LogP contribution in [0.5, 0.6) is 0 Å². The van der Waals surface area contributed by atoms with E-state index in [9.17, 15) is 22.8 Å². The van der Waals surface area contributed by atoms with Gasteiger partial charge in [-0.1, -0.05) is 23.2 Å². The molecule has 0 unspecified atom stereocenters. The monoisotopic (exact) mass is 678 g/mol. The Bertz CT molecular complexity index is 1670. The van der Waals surface area contributed by atoms with E-state index < -0.39 is 34.0 Å². The summed E-state index contributed by atoms with van der Waals surface area (Å²) in [5.74, 6) is -0.142. The SMILES string of the molecule is COC(=O)[C@H](CCC(=O)N1CCC(Cn2c(C)nc3cnccc32)CC1)NC(=O)[C@@H]1CCCN1S(=O)(=O)c1cc(Cl)cc(Cl)c1. The normalized spacial score (nSPS) is 18.7.